The Balaban J connectivity index is 2.13. The first-order valence-corrected chi connectivity index (χ1v) is 6.52. The van der Waals surface area contributed by atoms with Crippen molar-refractivity contribution in [2.75, 3.05) is 0 Å². The van der Waals surface area contributed by atoms with E-state index in [1.807, 2.05) is 54.6 Å². The highest BCUT2D eigenvalue weighted by Crippen LogP contribution is 2.18. The third kappa shape index (κ3) is 1.87. The van der Waals surface area contributed by atoms with Crippen molar-refractivity contribution in [3.63, 3.8) is 0 Å². The molecule has 0 bridgehead atoms. The summed E-state index contributed by atoms with van der Waals surface area (Å²) >= 11 is 0. The van der Waals surface area contributed by atoms with Crippen molar-refractivity contribution in [2.24, 2.45) is 0 Å². The Kier molecular flexibility index (Phi) is 2.50. The Morgan fingerprint density at radius 1 is 0.857 bits per heavy atom. The third-order valence-corrected chi connectivity index (χ3v) is 3.34. The highest BCUT2D eigenvalue weighted by atomic mass is 16.1. The minimum atomic E-state index is -0.378. The molecule has 0 N–H and O–H groups in total. The van der Waals surface area contributed by atoms with Gasteiger partial charge in [-0.2, -0.15) is 4.98 Å². The van der Waals surface area contributed by atoms with Crippen LogP contribution in [0.4, 0.5) is 0 Å². The first kappa shape index (κ1) is 11.7. The average molecular weight is 274 g/mol. The fourth-order valence-electron chi connectivity index (χ4n) is 2.32. The van der Waals surface area contributed by atoms with E-state index < -0.39 is 0 Å². The summed E-state index contributed by atoms with van der Waals surface area (Å²) in [4.78, 5) is 25.0. The number of hydrogen-bond donors (Lipinski definition) is 0. The fraction of sp³-hybridized carbons (Fsp3) is 0. The first-order valence-electron chi connectivity index (χ1n) is 6.52. The first-order chi connectivity index (χ1) is 10.3. The summed E-state index contributed by atoms with van der Waals surface area (Å²) in [7, 11) is 0. The molecule has 5 heteroatoms. The van der Waals surface area contributed by atoms with Crippen LogP contribution in [0.5, 0.6) is 0 Å². The van der Waals surface area contributed by atoms with Crippen LogP contribution in [0.2, 0.25) is 0 Å². The van der Waals surface area contributed by atoms with Crippen LogP contribution in [-0.4, -0.2) is 19.4 Å². The van der Waals surface area contributed by atoms with E-state index in [-0.39, 0.29) is 5.69 Å². The van der Waals surface area contributed by atoms with E-state index >= 15 is 0 Å². The van der Waals surface area contributed by atoms with Crippen LogP contribution in [0.25, 0.3) is 27.9 Å². The van der Waals surface area contributed by atoms with Crippen LogP contribution < -0.4 is 5.69 Å². The van der Waals surface area contributed by atoms with Crippen LogP contribution in [0.1, 0.15) is 0 Å². The molecule has 4 rings (SSSR count). The minimum Gasteiger partial charge on any atom is -0.245 e. The molecule has 2 heterocycles. The number of para-hydroxylation sites is 1. The Bertz CT molecular complexity index is 1010. The molecule has 0 saturated carbocycles. The zero-order chi connectivity index (χ0) is 14.2. The van der Waals surface area contributed by atoms with Crippen molar-refractivity contribution in [3.05, 3.63) is 71.4 Å². The maximum absolute atomic E-state index is 12.2. The standard InChI is InChI=1S/C16H10N4O/c21-16-19-14(11-6-2-1-3-7-11)18-15-12-8-4-5-9-13(12)17-10-20(15)16/h1-10H. The molecule has 0 aliphatic rings. The van der Waals surface area contributed by atoms with Gasteiger partial charge in [-0.25, -0.2) is 19.2 Å². The van der Waals surface area contributed by atoms with Gasteiger partial charge < -0.3 is 0 Å². The highest BCUT2D eigenvalue weighted by Gasteiger charge is 2.09. The molecule has 0 fully saturated rings. The maximum Gasteiger partial charge on any atom is 0.356 e. The van der Waals surface area contributed by atoms with Gasteiger partial charge in [-0.1, -0.05) is 42.5 Å². The van der Waals surface area contributed by atoms with Crippen LogP contribution in [-0.2, 0) is 0 Å². The van der Waals surface area contributed by atoms with Gasteiger partial charge >= 0.3 is 5.69 Å². The predicted octanol–water partition coefficient (Wildman–Crippen LogP) is 2.30. The lowest BCUT2D eigenvalue weighted by atomic mass is 10.2. The van der Waals surface area contributed by atoms with Crippen LogP contribution >= 0.6 is 0 Å². The Morgan fingerprint density at radius 3 is 2.48 bits per heavy atom. The summed E-state index contributed by atoms with van der Waals surface area (Å²) in [6.07, 6.45) is 1.47. The lowest BCUT2D eigenvalue weighted by Gasteiger charge is -2.05. The molecule has 0 saturated heterocycles. The van der Waals surface area contributed by atoms with E-state index in [0.717, 1.165) is 16.5 Å². The van der Waals surface area contributed by atoms with Crippen molar-refractivity contribution in [3.8, 4) is 11.4 Å². The zero-order valence-electron chi connectivity index (χ0n) is 11.0. The summed E-state index contributed by atoms with van der Waals surface area (Å²) in [5, 5.41) is 0.830. The van der Waals surface area contributed by atoms with Gasteiger partial charge in [0.2, 0.25) is 0 Å². The quantitative estimate of drug-likeness (QED) is 0.500. The molecule has 5 nitrogen and oxygen atoms in total. The van der Waals surface area contributed by atoms with Gasteiger partial charge in [-0.15, -0.1) is 0 Å². The maximum atomic E-state index is 12.2. The van der Waals surface area contributed by atoms with Crippen LogP contribution in [0.15, 0.2) is 65.7 Å². The molecular weight excluding hydrogens is 264 g/mol. The average Bonchev–Trinajstić information content (AvgIpc) is 2.55. The van der Waals surface area contributed by atoms with Gasteiger partial charge in [-0.3, -0.25) is 0 Å². The second-order valence-electron chi connectivity index (χ2n) is 4.65. The van der Waals surface area contributed by atoms with Crippen LogP contribution in [0, 0.1) is 0 Å². The lowest BCUT2D eigenvalue weighted by molar-refractivity contribution is 0.931. The molecule has 2 aromatic heterocycles. The van der Waals surface area contributed by atoms with Crippen molar-refractivity contribution in [2.45, 2.75) is 0 Å². The lowest BCUT2D eigenvalue weighted by Crippen LogP contribution is -2.19. The second-order valence-corrected chi connectivity index (χ2v) is 4.65. The van der Waals surface area contributed by atoms with Gasteiger partial charge in [0.1, 0.15) is 6.33 Å². The molecule has 0 amide bonds. The smallest absolute Gasteiger partial charge is 0.245 e. The third-order valence-electron chi connectivity index (χ3n) is 3.34. The Morgan fingerprint density at radius 2 is 1.62 bits per heavy atom. The summed E-state index contributed by atoms with van der Waals surface area (Å²) in [5.74, 6) is 0.428. The number of fused-ring (bicyclic) bond motifs is 3. The second kappa shape index (κ2) is 4.49. The molecule has 0 aliphatic heterocycles. The number of aromatic nitrogens is 4. The monoisotopic (exact) mass is 274 g/mol. The van der Waals surface area contributed by atoms with Crippen molar-refractivity contribution >= 4 is 16.6 Å². The van der Waals surface area contributed by atoms with Crippen molar-refractivity contribution in [1.29, 1.82) is 0 Å². The van der Waals surface area contributed by atoms with Crippen molar-refractivity contribution < 1.29 is 0 Å². The highest BCUT2D eigenvalue weighted by molar-refractivity contribution is 5.91. The Labute approximate surface area is 119 Å². The van der Waals surface area contributed by atoms with E-state index in [9.17, 15) is 4.79 Å². The molecule has 0 aliphatic carbocycles. The molecule has 0 unspecified atom stereocenters. The summed E-state index contributed by atoms with van der Waals surface area (Å²) in [5.41, 5.74) is 1.81. The molecule has 2 aromatic carbocycles. The molecule has 21 heavy (non-hydrogen) atoms. The normalized spacial score (nSPS) is 11.0. The van der Waals surface area contributed by atoms with Crippen LogP contribution in [0.3, 0.4) is 0 Å². The largest absolute Gasteiger partial charge is 0.356 e. The van der Waals surface area contributed by atoms with E-state index in [2.05, 4.69) is 15.0 Å². The summed E-state index contributed by atoms with van der Waals surface area (Å²) in [6, 6.07) is 17.1. The summed E-state index contributed by atoms with van der Waals surface area (Å²) in [6.45, 7) is 0. The topological polar surface area (TPSA) is 60.2 Å². The molecule has 0 spiro atoms. The van der Waals surface area contributed by atoms with E-state index in [1.54, 1.807) is 0 Å². The van der Waals surface area contributed by atoms with Gasteiger partial charge in [0, 0.05) is 10.9 Å². The predicted molar refractivity (Wildman–Crippen MR) is 80.0 cm³/mol. The van der Waals surface area contributed by atoms with Gasteiger partial charge in [0.15, 0.2) is 11.5 Å². The molecule has 0 radical (unpaired) electrons. The van der Waals surface area contributed by atoms with E-state index in [4.69, 9.17) is 0 Å². The molecule has 100 valence electrons. The molecule has 0 atom stereocenters. The van der Waals surface area contributed by atoms with E-state index in [1.165, 1.54) is 10.7 Å². The molecule has 4 aromatic rings. The van der Waals surface area contributed by atoms with Gasteiger partial charge in [0.05, 0.1) is 5.52 Å². The number of benzene rings is 2. The summed E-state index contributed by atoms with van der Waals surface area (Å²) < 4.78 is 1.37. The van der Waals surface area contributed by atoms with Gasteiger partial charge in [0.25, 0.3) is 0 Å². The number of hydrogen-bond acceptors (Lipinski definition) is 4. The molecular formula is C16H10N4O. The fourth-order valence-corrected chi connectivity index (χ4v) is 2.32. The van der Waals surface area contributed by atoms with E-state index in [0.29, 0.717) is 11.5 Å². The number of rotatable bonds is 1. The number of nitrogens with zero attached hydrogens (tertiary/aromatic N) is 4. The van der Waals surface area contributed by atoms with Gasteiger partial charge in [-0.05, 0) is 12.1 Å². The SMILES string of the molecule is O=c1nc(-c2ccccc2)nc2c3ccccc3ncn12. The van der Waals surface area contributed by atoms with Crippen molar-refractivity contribution in [1.82, 2.24) is 19.4 Å². The Hall–Kier alpha value is -3.08. The zero-order valence-corrected chi connectivity index (χ0v) is 11.0. The minimum absolute atomic E-state index is 0.378.